The van der Waals surface area contributed by atoms with Crippen molar-refractivity contribution in [1.82, 2.24) is 4.72 Å². The molecule has 22 heavy (non-hydrogen) atoms. The van der Waals surface area contributed by atoms with Crippen LogP contribution in [0.25, 0.3) is 0 Å². The number of hydrogen-bond acceptors (Lipinski definition) is 3. The Balaban J connectivity index is 2.03. The van der Waals surface area contributed by atoms with Gasteiger partial charge in [0.25, 0.3) is 0 Å². The zero-order valence-corrected chi connectivity index (χ0v) is 12.6. The molecule has 118 valence electrons. The summed E-state index contributed by atoms with van der Waals surface area (Å²) in [6.45, 7) is -1.02. The fourth-order valence-electron chi connectivity index (χ4n) is 1.83. The Morgan fingerprint density at radius 1 is 1.14 bits per heavy atom. The second kappa shape index (κ2) is 6.85. The summed E-state index contributed by atoms with van der Waals surface area (Å²) in [5, 5.41) is 0. The quantitative estimate of drug-likeness (QED) is 0.887. The number of halogens is 2. The minimum Gasteiger partial charge on any atom is -0.435 e. The van der Waals surface area contributed by atoms with Crippen LogP contribution < -0.4 is 9.46 Å². The van der Waals surface area contributed by atoms with E-state index < -0.39 is 16.6 Å². The van der Waals surface area contributed by atoms with Gasteiger partial charge in [0.2, 0.25) is 10.0 Å². The van der Waals surface area contributed by atoms with Crippen molar-refractivity contribution < 1.29 is 21.9 Å². The molecule has 2 aromatic rings. The van der Waals surface area contributed by atoms with E-state index in [1.54, 1.807) is 25.1 Å². The van der Waals surface area contributed by atoms with Crippen molar-refractivity contribution >= 4 is 10.0 Å². The summed E-state index contributed by atoms with van der Waals surface area (Å²) in [6, 6.07) is 12.3. The van der Waals surface area contributed by atoms with Gasteiger partial charge < -0.3 is 4.74 Å². The monoisotopic (exact) mass is 327 g/mol. The largest absolute Gasteiger partial charge is 0.435 e. The molecule has 0 aliphatic heterocycles. The van der Waals surface area contributed by atoms with Crippen LogP contribution in [0.3, 0.4) is 0 Å². The molecule has 7 heteroatoms. The Hall–Kier alpha value is -1.99. The zero-order chi connectivity index (χ0) is 16.2. The second-order valence-corrected chi connectivity index (χ2v) is 6.43. The maximum absolute atomic E-state index is 12.1. The van der Waals surface area contributed by atoms with Crippen molar-refractivity contribution in [2.75, 3.05) is 0 Å². The zero-order valence-electron chi connectivity index (χ0n) is 11.8. The van der Waals surface area contributed by atoms with Gasteiger partial charge in [0.1, 0.15) is 5.75 Å². The van der Waals surface area contributed by atoms with Gasteiger partial charge in [-0.25, -0.2) is 13.1 Å². The van der Waals surface area contributed by atoms with E-state index in [4.69, 9.17) is 0 Å². The molecule has 2 rings (SSSR count). The van der Waals surface area contributed by atoms with E-state index in [9.17, 15) is 17.2 Å². The van der Waals surface area contributed by atoms with Gasteiger partial charge >= 0.3 is 6.61 Å². The predicted octanol–water partition coefficient (Wildman–Crippen LogP) is 3.07. The van der Waals surface area contributed by atoms with Crippen molar-refractivity contribution in [3.05, 3.63) is 59.7 Å². The summed E-state index contributed by atoms with van der Waals surface area (Å²) in [5.41, 5.74) is 1.48. The SMILES string of the molecule is Cc1cccc(S(=O)(=O)NCc2ccc(OC(F)F)cc2)c1. The van der Waals surface area contributed by atoms with Gasteiger partial charge in [0.15, 0.2) is 0 Å². The van der Waals surface area contributed by atoms with Crippen LogP contribution in [0.2, 0.25) is 0 Å². The van der Waals surface area contributed by atoms with Crippen LogP contribution in [0.1, 0.15) is 11.1 Å². The van der Waals surface area contributed by atoms with Crippen molar-refractivity contribution in [1.29, 1.82) is 0 Å². The number of ether oxygens (including phenoxy) is 1. The Morgan fingerprint density at radius 2 is 1.82 bits per heavy atom. The molecule has 0 radical (unpaired) electrons. The molecule has 0 fully saturated rings. The first kappa shape index (κ1) is 16.4. The fourth-order valence-corrected chi connectivity index (χ4v) is 2.96. The summed E-state index contributed by atoms with van der Waals surface area (Å²) in [7, 11) is -3.61. The van der Waals surface area contributed by atoms with Gasteiger partial charge in [0, 0.05) is 6.54 Å². The highest BCUT2D eigenvalue weighted by Gasteiger charge is 2.13. The van der Waals surface area contributed by atoms with E-state index in [0.717, 1.165) is 5.56 Å². The molecule has 0 saturated heterocycles. The number of hydrogen-bond donors (Lipinski definition) is 1. The summed E-state index contributed by atoms with van der Waals surface area (Å²) in [6.07, 6.45) is 0. The molecule has 0 unspecified atom stereocenters. The highest BCUT2D eigenvalue weighted by molar-refractivity contribution is 7.89. The van der Waals surface area contributed by atoms with E-state index in [1.807, 2.05) is 0 Å². The van der Waals surface area contributed by atoms with Crippen LogP contribution in [0.5, 0.6) is 5.75 Å². The fraction of sp³-hybridized carbons (Fsp3) is 0.200. The first-order chi connectivity index (χ1) is 10.4. The molecule has 0 aromatic heterocycles. The van der Waals surface area contributed by atoms with E-state index in [0.29, 0.717) is 5.56 Å². The molecule has 4 nitrogen and oxygen atoms in total. The lowest BCUT2D eigenvalue weighted by molar-refractivity contribution is -0.0498. The molecule has 2 aromatic carbocycles. The molecule has 0 atom stereocenters. The Labute approximate surface area is 127 Å². The van der Waals surface area contributed by atoms with Crippen LogP contribution in [-0.4, -0.2) is 15.0 Å². The average Bonchev–Trinajstić information content (AvgIpc) is 2.46. The Kier molecular flexibility index (Phi) is 5.10. The van der Waals surface area contributed by atoms with E-state index in [1.165, 1.54) is 30.3 Å². The second-order valence-electron chi connectivity index (χ2n) is 4.66. The summed E-state index contributed by atoms with van der Waals surface area (Å²) < 4.78 is 55.0. The van der Waals surface area contributed by atoms with Crippen molar-refractivity contribution in [2.45, 2.75) is 25.0 Å². The third-order valence-corrected chi connectivity index (χ3v) is 4.31. The number of alkyl halides is 2. The molecule has 0 amide bonds. The highest BCUT2D eigenvalue weighted by Crippen LogP contribution is 2.16. The summed E-state index contributed by atoms with van der Waals surface area (Å²) >= 11 is 0. The van der Waals surface area contributed by atoms with Gasteiger partial charge in [-0.1, -0.05) is 24.3 Å². The van der Waals surface area contributed by atoms with Crippen LogP contribution in [0.15, 0.2) is 53.4 Å². The maximum atomic E-state index is 12.1. The van der Waals surface area contributed by atoms with Gasteiger partial charge in [-0.2, -0.15) is 8.78 Å². The molecule has 0 heterocycles. The minimum atomic E-state index is -3.61. The minimum absolute atomic E-state index is 0.0280. The molecule has 0 saturated carbocycles. The number of nitrogens with one attached hydrogen (secondary N) is 1. The highest BCUT2D eigenvalue weighted by atomic mass is 32.2. The lowest BCUT2D eigenvalue weighted by Gasteiger charge is -2.08. The van der Waals surface area contributed by atoms with Crippen molar-refractivity contribution in [3.63, 3.8) is 0 Å². The van der Waals surface area contributed by atoms with Crippen LogP contribution >= 0.6 is 0 Å². The molecule has 0 aliphatic rings. The maximum Gasteiger partial charge on any atom is 0.387 e. The molecular weight excluding hydrogens is 312 g/mol. The first-order valence-corrected chi connectivity index (χ1v) is 7.95. The van der Waals surface area contributed by atoms with Gasteiger partial charge in [-0.15, -0.1) is 0 Å². The topological polar surface area (TPSA) is 55.4 Å². The number of rotatable bonds is 6. The van der Waals surface area contributed by atoms with Crippen molar-refractivity contribution in [2.24, 2.45) is 0 Å². The number of benzene rings is 2. The van der Waals surface area contributed by atoms with Crippen molar-refractivity contribution in [3.8, 4) is 5.75 Å². The molecule has 0 aliphatic carbocycles. The van der Waals surface area contributed by atoms with Crippen LogP contribution in [0, 0.1) is 6.92 Å². The van der Waals surface area contributed by atoms with Crippen LogP contribution in [-0.2, 0) is 16.6 Å². The van der Waals surface area contributed by atoms with Gasteiger partial charge in [0.05, 0.1) is 4.90 Å². The average molecular weight is 327 g/mol. The van der Waals surface area contributed by atoms with E-state index >= 15 is 0 Å². The molecule has 0 bridgehead atoms. The van der Waals surface area contributed by atoms with Crippen LogP contribution in [0.4, 0.5) is 8.78 Å². The Bertz CT molecular complexity index is 731. The third kappa shape index (κ3) is 4.51. The number of aryl methyl sites for hydroxylation is 1. The summed E-state index contributed by atoms with van der Waals surface area (Å²) in [4.78, 5) is 0.185. The van der Waals surface area contributed by atoms with E-state index in [2.05, 4.69) is 9.46 Å². The molecule has 0 spiro atoms. The molecule has 1 N–H and O–H groups in total. The standard InChI is InChI=1S/C15H15F2NO3S/c1-11-3-2-4-14(9-11)22(19,20)18-10-12-5-7-13(8-6-12)21-15(16)17/h2-9,15,18H,10H2,1H3. The lowest BCUT2D eigenvalue weighted by atomic mass is 10.2. The summed E-state index contributed by atoms with van der Waals surface area (Å²) in [5.74, 6) is 0.0280. The smallest absolute Gasteiger partial charge is 0.387 e. The predicted molar refractivity (Wildman–Crippen MR) is 78.3 cm³/mol. The third-order valence-electron chi connectivity index (χ3n) is 2.91. The van der Waals surface area contributed by atoms with E-state index in [-0.39, 0.29) is 17.2 Å². The lowest BCUT2D eigenvalue weighted by Crippen LogP contribution is -2.23. The first-order valence-electron chi connectivity index (χ1n) is 6.47. The van der Waals surface area contributed by atoms with Gasteiger partial charge in [-0.3, -0.25) is 0 Å². The Morgan fingerprint density at radius 3 is 2.41 bits per heavy atom. The number of sulfonamides is 1. The molecular formula is C15H15F2NO3S. The normalized spacial score (nSPS) is 11.6. The van der Waals surface area contributed by atoms with Gasteiger partial charge in [-0.05, 0) is 42.3 Å².